The molecule has 1 fully saturated rings. The Hall–Kier alpha value is -2.64. The molecule has 3 rings (SSSR count). The topological polar surface area (TPSA) is 80.6 Å². The van der Waals surface area contributed by atoms with Crippen LogP contribution in [-0.4, -0.2) is 64.3 Å². The molecular weight excluding hydrogens is 346 g/mol. The standard InChI is InChI=1S/C19H27N5O3/c1-6-27-19(26)15-11-20-18-16(12(2)21-23(18)5)17(15)24-9-7-14(8-10-24)22(4)13(3)25/h11,14H,6-10H2,1-5H3. The second-order valence-electron chi connectivity index (χ2n) is 7.00. The van der Waals surface area contributed by atoms with Crippen molar-refractivity contribution in [1.29, 1.82) is 0 Å². The molecule has 0 aromatic carbocycles. The second-order valence-corrected chi connectivity index (χ2v) is 7.00. The van der Waals surface area contributed by atoms with Gasteiger partial charge in [0, 0.05) is 46.3 Å². The lowest BCUT2D eigenvalue weighted by Gasteiger charge is -2.38. The number of aryl methyl sites for hydroxylation is 2. The van der Waals surface area contributed by atoms with E-state index in [0.29, 0.717) is 12.2 Å². The molecule has 8 heteroatoms. The quantitative estimate of drug-likeness (QED) is 0.762. The highest BCUT2D eigenvalue weighted by atomic mass is 16.5. The summed E-state index contributed by atoms with van der Waals surface area (Å²) in [6.07, 6.45) is 3.29. The Morgan fingerprint density at radius 2 is 2.00 bits per heavy atom. The molecule has 1 aliphatic heterocycles. The number of aromatic nitrogens is 3. The van der Waals surface area contributed by atoms with Gasteiger partial charge in [-0.15, -0.1) is 0 Å². The second kappa shape index (κ2) is 7.54. The summed E-state index contributed by atoms with van der Waals surface area (Å²) in [5.41, 5.74) is 2.90. The number of carbonyl (C=O) groups is 2. The molecule has 2 aromatic rings. The van der Waals surface area contributed by atoms with Gasteiger partial charge in [-0.25, -0.2) is 9.78 Å². The monoisotopic (exact) mass is 373 g/mol. The van der Waals surface area contributed by atoms with E-state index in [1.807, 2.05) is 21.0 Å². The van der Waals surface area contributed by atoms with Crippen LogP contribution in [0.3, 0.4) is 0 Å². The summed E-state index contributed by atoms with van der Waals surface area (Å²) in [5, 5.41) is 5.37. The lowest BCUT2D eigenvalue weighted by molar-refractivity contribution is -0.129. The Morgan fingerprint density at radius 3 is 2.59 bits per heavy atom. The van der Waals surface area contributed by atoms with E-state index in [1.165, 1.54) is 0 Å². The van der Waals surface area contributed by atoms with Crippen molar-refractivity contribution in [3.63, 3.8) is 0 Å². The largest absolute Gasteiger partial charge is 0.462 e. The average molecular weight is 373 g/mol. The number of rotatable bonds is 4. The van der Waals surface area contributed by atoms with Crippen LogP contribution in [0.2, 0.25) is 0 Å². The number of piperidine rings is 1. The van der Waals surface area contributed by atoms with E-state index < -0.39 is 0 Å². The van der Waals surface area contributed by atoms with Gasteiger partial charge in [0.2, 0.25) is 5.91 Å². The highest BCUT2D eigenvalue weighted by molar-refractivity contribution is 6.05. The van der Waals surface area contributed by atoms with Crippen LogP contribution >= 0.6 is 0 Å². The molecule has 0 N–H and O–H groups in total. The number of nitrogens with zero attached hydrogens (tertiary/aromatic N) is 5. The summed E-state index contributed by atoms with van der Waals surface area (Å²) in [6.45, 7) is 7.13. The maximum Gasteiger partial charge on any atom is 0.341 e. The van der Waals surface area contributed by atoms with Crippen LogP contribution in [0.25, 0.3) is 11.0 Å². The molecule has 3 heterocycles. The molecule has 0 spiro atoms. The SMILES string of the molecule is CCOC(=O)c1cnc2c(c(C)nn2C)c1N1CCC(N(C)C(C)=O)CC1. The summed E-state index contributed by atoms with van der Waals surface area (Å²) in [5.74, 6) is -0.289. The number of esters is 1. The molecule has 1 amide bonds. The third-order valence-electron chi connectivity index (χ3n) is 5.32. The number of fused-ring (bicyclic) bond motifs is 1. The third-order valence-corrected chi connectivity index (χ3v) is 5.32. The van der Waals surface area contributed by atoms with Gasteiger partial charge in [-0.05, 0) is 26.7 Å². The Balaban J connectivity index is 2.00. The highest BCUT2D eigenvalue weighted by Gasteiger charge is 2.29. The summed E-state index contributed by atoms with van der Waals surface area (Å²) < 4.78 is 7.00. The van der Waals surface area contributed by atoms with Crippen molar-refractivity contribution in [2.24, 2.45) is 7.05 Å². The molecule has 0 saturated carbocycles. The van der Waals surface area contributed by atoms with Gasteiger partial charge in [0.1, 0.15) is 5.56 Å². The van der Waals surface area contributed by atoms with Gasteiger partial charge in [-0.2, -0.15) is 5.10 Å². The molecule has 27 heavy (non-hydrogen) atoms. The fraction of sp³-hybridized carbons (Fsp3) is 0.579. The van der Waals surface area contributed by atoms with Crippen LogP contribution in [0.15, 0.2) is 6.20 Å². The van der Waals surface area contributed by atoms with Gasteiger partial charge in [0.25, 0.3) is 0 Å². The van der Waals surface area contributed by atoms with Crippen LogP contribution in [-0.2, 0) is 16.6 Å². The molecular formula is C19H27N5O3. The first-order valence-corrected chi connectivity index (χ1v) is 9.32. The maximum absolute atomic E-state index is 12.6. The molecule has 1 saturated heterocycles. The number of pyridine rings is 1. The van der Waals surface area contributed by atoms with E-state index in [-0.39, 0.29) is 17.9 Å². The van der Waals surface area contributed by atoms with Crippen LogP contribution in [0.1, 0.15) is 42.7 Å². The smallest absolute Gasteiger partial charge is 0.341 e. The first-order chi connectivity index (χ1) is 12.8. The summed E-state index contributed by atoms with van der Waals surface area (Å²) in [7, 11) is 3.70. The molecule has 1 aliphatic rings. The predicted octanol–water partition coefficient (Wildman–Crippen LogP) is 1.90. The minimum atomic E-state index is -0.367. The zero-order valence-electron chi connectivity index (χ0n) is 16.7. The summed E-state index contributed by atoms with van der Waals surface area (Å²) >= 11 is 0. The summed E-state index contributed by atoms with van der Waals surface area (Å²) in [6, 6.07) is 0.220. The lowest BCUT2D eigenvalue weighted by Crippen LogP contribution is -2.45. The zero-order valence-corrected chi connectivity index (χ0v) is 16.7. The average Bonchev–Trinajstić information content (AvgIpc) is 2.94. The van der Waals surface area contributed by atoms with E-state index in [0.717, 1.165) is 48.3 Å². The van der Waals surface area contributed by atoms with Gasteiger partial charge in [-0.1, -0.05) is 0 Å². The molecule has 2 aromatic heterocycles. The minimum Gasteiger partial charge on any atom is -0.462 e. The number of hydrogen-bond donors (Lipinski definition) is 0. The number of carbonyl (C=O) groups excluding carboxylic acids is 2. The van der Waals surface area contributed by atoms with Crippen molar-refractivity contribution in [1.82, 2.24) is 19.7 Å². The van der Waals surface area contributed by atoms with Gasteiger partial charge < -0.3 is 14.5 Å². The van der Waals surface area contributed by atoms with Crippen molar-refractivity contribution in [2.75, 3.05) is 31.6 Å². The Labute approximate surface area is 159 Å². The molecule has 0 bridgehead atoms. The first kappa shape index (κ1) is 19.1. The van der Waals surface area contributed by atoms with E-state index in [1.54, 1.807) is 29.6 Å². The number of amides is 1. The Bertz CT molecular complexity index is 868. The van der Waals surface area contributed by atoms with Crippen LogP contribution in [0.5, 0.6) is 0 Å². The zero-order chi connectivity index (χ0) is 19.7. The molecule has 0 aliphatic carbocycles. The molecule has 0 radical (unpaired) electrons. The van der Waals surface area contributed by atoms with E-state index in [9.17, 15) is 9.59 Å². The van der Waals surface area contributed by atoms with E-state index >= 15 is 0 Å². The highest BCUT2D eigenvalue weighted by Crippen LogP contribution is 2.34. The van der Waals surface area contributed by atoms with Crippen molar-refractivity contribution >= 4 is 28.6 Å². The number of anilines is 1. The molecule has 0 unspecified atom stereocenters. The van der Waals surface area contributed by atoms with Crippen molar-refractivity contribution < 1.29 is 14.3 Å². The fourth-order valence-electron chi connectivity index (χ4n) is 3.81. The van der Waals surface area contributed by atoms with E-state index in [2.05, 4.69) is 15.0 Å². The molecule has 0 atom stereocenters. The molecule has 8 nitrogen and oxygen atoms in total. The van der Waals surface area contributed by atoms with Crippen LogP contribution in [0.4, 0.5) is 5.69 Å². The fourth-order valence-corrected chi connectivity index (χ4v) is 3.81. The van der Waals surface area contributed by atoms with Crippen molar-refractivity contribution in [3.8, 4) is 0 Å². The van der Waals surface area contributed by atoms with Gasteiger partial charge in [0.05, 0.1) is 23.4 Å². The predicted molar refractivity (Wildman–Crippen MR) is 103 cm³/mol. The lowest BCUT2D eigenvalue weighted by atomic mass is 10.0. The van der Waals surface area contributed by atoms with Crippen LogP contribution < -0.4 is 4.90 Å². The third kappa shape index (κ3) is 3.48. The van der Waals surface area contributed by atoms with Crippen molar-refractivity contribution in [2.45, 2.75) is 39.7 Å². The van der Waals surface area contributed by atoms with Crippen LogP contribution in [0, 0.1) is 6.92 Å². The Kier molecular flexibility index (Phi) is 5.34. The van der Waals surface area contributed by atoms with Gasteiger partial charge >= 0.3 is 5.97 Å². The first-order valence-electron chi connectivity index (χ1n) is 9.32. The van der Waals surface area contributed by atoms with Crippen molar-refractivity contribution in [3.05, 3.63) is 17.5 Å². The molecule has 146 valence electrons. The Morgan fingerprint density at radius 1 is 1.33 bits per heavy atom. The normalized spacial score (nSPS) is 15.2. The van der Waals surface area contributed by atoms with E-state index in [4.69, 9.17) is 4.74 Å². The number of ether oxygens (including phenoxy) is 1. The maximum atomic E-state index is 12.6. The minimum absolute atomic E-state index is 0.0788. The van der Waals surface area contributed by atoms with Gasteiger partial charge in [0.15, 0.2) is 5.65 Å². The number of hydrogen-bond acceptors (Lipinski definition) is 6. The van der Waals surface area contributed by atoms with Gasteiger partial charge in [-0.3, -0.25) is 9.48 Å². The summed E-state index contributed by atoms with van der Waals surface area (Å²) in [4.78, 5) is 32.7.